The maximum Gasteiger partial charge on any atom is 0.0611 e. The van der Waals surface area contributed by atoms with Crippen LogP contribution in [0.5, 0.6) is 0 Å². The number of thioether (sulfide) groups is 2. The summed E-state index contributed by atoms with van der Waals surface area (Å²) in [6, 6.07) is 0. The standard InChI is InChI=1S/C14H28S4/c15-10-4-6-12-17-14(8-2-1-3-9-14)18-13-7-5-11-16/h15-16H,1-13H2. The van der Waals surface area contributed by atoms with Crippen LogP contribution in [0.2, 0.25) is 0 Å². The Morgan fingerprint density at radius 2 is 1.22 bits per heavy atom. The first-order chi connectivity index (χ1) is 8.83. The summed E-state index contributed by atoms with van der Waals surface area (Å²) in [4.78, 5) is 0. The van der Waals surface area contributed by atoms with Gasteiger partial charge in [0.05, 0.1) is 4.08 Å². The van der Waals surface area contributed by atoms with Crippen LogP contribution in [0.1, 0.15) is 57.8 Å². The summed E-state index contributed by atoms with van der Waals surface area (Å²) in [7, 11) is 0. The molecule has 0 saturated heterocycles. The van der Waals surface area contributed by atoms with Crippen LogP contribution in [0, 0.1) is 0 Å². The molecule has 108 valence electrons. The average molecular weight is 325 g/mol. The average Bonchev–Trinajstić information content (AvgIpc) is 2.41. The molecular weight excluding hydrogens is 296 g/mol. The van der Waals surface area contributed by atoms with Crippen LogP contribution < -0.4 is 0 Å². The highest BCUT2D eigenvalue weighted by Crippen LogP contribution is 2.48. The fraction of sp³-hybridized carbons (Fsp3) is 1.00. The van der Waals surface area contributed by atoms with Crippen LogP contribution in [-0.2, 0) is 0 Å². The predicted octanol–water partition coefficient (Wildman–Crippen LogP) is 5.53. The first kappa shape index (κ1) is 17.5. The van der Waals surface area contributed by atoms with Crippen molar-refractivity contribution in [3.8, 4) is 0 Å². The van der Waals surface area contributed by atoms with E-state index in [-0.39, 0.29) is 0 Å². The van der Waals surface area contributed by atoms with Crippen molar-refractivity contribution >= 4 is 48.8 Å². The summed E-state index contributed by atoms with van der Waals surface area (Å²) in [5, 5.41) is 0. The predicted molar refractivity (Wildman–Crippen MR) is 96.9 cm³/mol. The maximum absolute atomic E-state index is 4.30. The van der Waals surface area contributed by atoms with Gasteiger partial charge in [0.2, 0.25) is 0 Å². The summed E-state index contributed by atoms with van der Waals surface area (Å²) in [6.07, 6.45) is 12.4. The van der Waals surface area contributed by atoms with E-state index in [1.165, 1.54) is 69.3 Å². The quantitative estimate of drug-likeness (QED) is 0.308. The van der Waals surface area contributed by atoms with E-state index in [0.29, 0.717) is 4.08 Å². The molecule has 0 aromatic rings. The SMILES string of the molecule is SCCCCSC1(SCCCCS)CCCCC1. The van der Waals surface area contributed by atoms with Crippen LogP contribution in [0.4, 0.5) is 0 Å². The Hall–Kier alpha value is 1.40. The Labute approximate surface area is 133 Å². The highest BCUT2D eigenvalue weighted by molar-refractivity contribution is 8.18. The second-order valence-corrected chi connectivity index (χ2v) is 9.14. The third-order valence-electron chi connectivity index (χ3n) is 3.45. The zero-order chi connectivity index (χ0) is 13.1. The minimum absolute atomic E-state index is 0.561. The third kappa shape index (κ3) is 7.25. The van der Waals surface area contributed by atoms with Crippen LogP contribution in [0.25, 0.3) is 0 Å². The van der Waals surface area contributed by atoms with Gasteiger partial charge in [-0.15, -0.1) is 23.5 Å². The molecule has 18 heavy (non-hydrogen) atoms. The summed E-state index contributed by atoms with van der Waals surface area (Å²) < 4.78 is 0.561. The Morgan fingerprint density at radius 3 is 1.67 bits per heavy atom. The lowest BCUT2D eigenvalue weighted by atomic mass is 10.00. The van der Waals surface area contributed by atoms with Gasteiger partial charge in [-0.3, -0.25) is 0 Å². The zero-order valence-corrected chi connectivity index (χ0v) is 14.8. The van der Waals surface area contributed by atoms with Gasteiger partial charge in [-0.25, -0.2) is 0 Å². The van der Waals surface area contributed by atoms with Crippen molar-refractivity contribution in [1.82, 2.24) is 0 Å². The third-order valence-corrected chi connectivity index (χ3v) is 7.64. The minimum atomic E-state index is 0.561. The van der Waals surface area contributed by atoms with Gasteiger partial charge in [0.25, 0.3) is 0 Å². The molecule has 1 saturated carbocycles. The van der Waals surface area contributed by atoms with Crippen LogP contribution in [0.15, 0.2) is 0 Å². The van der Waals surface area contributed by atoms with Crippen LogP contribution >= 0.6 is 48.8 Å². The molecule has 0 aromatic heterocycles. The zero-order valence-electron chi connectivity index (χ0n) is 11.4. The molecule has 0 spiro atoms. The van der Waals surface area contributed by atoms with E-state index in [1.807, 2.05) is 0 Å². The highest BCUT2D eigenvalue weighted by atomic mass is 32.2. The maximum atomic E-state index is 4.30. The van der Waals surface area contributed by atoms with E-state index in [9.17, 15) is 0 Å². The second kappa shape index (κ2) is 11.1. The Bertz CT molecular complexity index is 176. The van der Waals surface area contributed by atoms with Crippen LogP contribution in [0.3, 0.4) is 0 Å². The van der Waals surface area contributed by atoms with Crippen molar-refractivity contribution < 1.29 is 0 Å². The summed E-state index contributed by atoms with van der Waals surface area (Å²) in [6.45, 7) is 0. The highest BCUT2D eigenvalue weighted by Gasteiger charge is 2.32. The second-order valence-electron chi connectivity index (χ2n) is 5.03. The van der Waals surface area contributed by atoms with E-state index < -0.39 is 0 Å². The molecule has 0 N–H and O–H groups in total. The lowest BCUT2D eigenvalue weighted by Crippen LogP contribution is -2.25. The molecule has 0 bridgehead atoms. The molecule has 1 rings (SSSR count). The molecule has 0 nitrogen and oxygen atoms in total. The Balaban J connectivity index is 2.27. The van der Waals surface area contributed by atoms with Gasteiger partial charge < -0.3 is 0 Å². The molecule has 0 unspecified atom stereocenters. The van der Waals surface area contributed by atoms with E-state index in [4.69, 9.17) is 0 Å². The fourth-order valence-electron chi connectivity index (χ4n) is 2.36. The van der Waals surface area contributed by atoms with Crippen molar-refractivity contribution in [1.29, 1.82) is 0 Å². The largest absolute Gasteiger partial charge is 0.179 e. The number of thiol groups is 2. The monoisotopic (exact) mass is 324 g/mol. The lowest BCUT2D eigenvalue weighted by molar-refractivity contribution is 0.490. The van der Waals surface area contributed by atoms with Gasteiger partial charge in [-0.05, 0) is 61.5 Å². The smallest absolute Gasteiger partial charge is 0.0611 e. The molecule has 0 aliphatic heterocycles. The first-order valence-corrected chi connectivity index (χ1v) is 10.6. The molecule has 0 aromatic carbocycles. The molecule has 1 fully saturated rings. The summed E-state index contributed by atoms with van der Waals surface area (Å²) in [5.41, 5.74) is 0. The normalized spacial score (nSPS) is 19.0. The lowest BCUT2D eigenvalue weighted by Gasteiger charge is -2.36. The molecule has 0 atom stereocenters. The van der Waals surface area contributed by atoms with Crippen molar-refractivity contribution in [2.75, 3.05) is 23.0 Å². The summed E-state index contributed by atoms with van der Waals surface area (Å²) in [5.74, 6) is 4.76. The number of hydrogen-bond donors (Lipinski definition) is 2. The Kier molecular flexibility index (Phi) is 10.8. The minimum Gasteiger partial charge on any atom is -0.179 e. The van der Waals surface area contributed by atoms with Crippen molar-refractivity contribution in [3.05, 3.63) is 0 Å². The van der Waals surface area contributed by atoms with Crippen molar-refractivity contribution in [2.24, 2.45) is 0 Å². The molecule has 0 heterocycles. The van der Waals surface area contributed by atoms with Gasteiger partial charge in [0, 0.05) is 0 Å². The Morgan fingerprint density at radius 1 is 0.722 bits per heavy atom. The molecule has 0 amide bonds. The van der Waals surface area contributed by atoms with Gasteiger partial charge in [-0.1, -0.05) is 19.3 Å². The molecule has 1 aliphatic carbocycles. The molecule has 0 radical (unpaired) electrons. The van der Waals surface area contributed by atoms with Gasteiger partial charge in [0.15, 0.2) is 0 Å². The number of rotatable bonds is 10. The van der Waals surface area contributed by atoms with E-state index in [2.05, 4.69) is 48.8 Å². The fourth-order valence-corrected chi connectivity index (χ4v) is 6.24. The van der Waals surface area contributed by atoms with E-state index >= 15 is 0 Å². The van der Waals surface area contributed by atoms with Crippen molar-refractivity contribution in [2.45, 2.75) is 61.9 Å². The molecular formula is C14H28S4. The summed E-state index contributed by atoms with van der Waals surface area (Å²) >= 11 is 13.1. The molecule has 4 heteroatoms. The van der Waals surface area contributed by atoms with Crippen LogP contribution in [-0.4, -0.2) is 27.1 Å². The van der Waals surface area contributed by atoms with Gasteiger partial charge >= 0.3 is 0 Å². The van der Waals surface area contributed by atoms with Crippen molar-refractivity contribution in [3.63, 3.8) is 0 Å². The van der Waals surface area contributed by atoms with Gasteiger partial charge in [0.1, 0.15) is 0 Å². The number of unbranched alkanes of at least 4 members (excludes halogenated alkanes) is 2. The van der Waals surface area contributed by atoms with E-state index in [0.717, 1.165) is 11.5 Å². The van der Waals surface area contributed by atoms with E-state index in [1.54, 1.807) is 0 Å². The topological polar surface area (TPSA) is 0 Å². The molecule has 1 aliphatic rings. The first-order valence-electron chi connectivity index (χ1n) is 7.33. The number of hydrogen-bond acceptors (Lipinski definition) is 4. The van der Waals surface area contributed by atoms with Gasteiger partial charge in [-0.2, -0.15) is 25.3 Å².